The van der Waals surface area contributed by atoms with E-state index in [4.69, 9.17) is 0 Å². The second-order valence-electron chi connectivity index (χ2n) is 9.49. The number of fused-ring (bicyclic) bond motifs is 1. The topological polar surface area (TPSA) is 69.7 Å². The average molecular weight is 412 g/mol. The van der Waals surface area contributed by atoms with Crippen molar-refractivity contribution in [2.75, 3.05) is 6.54 Å². The number of carbonyl (C=O) groups is 3. The molecule has 0 spiro atoms. The highest BCUT2D eigenvalue weighted by atomic mass is 16.2. The highest BCUT2D eigenvalue weighted by molar-refractivity contribution is 5.85. The summed E-state index contributed by atoms with van der Waals surface area (Å²) in [6.45, 7) is 5.42. The number of nitrogens with zero attached hydrogens (tertiary/aromatic N) is 2. The summed E-state index contributed by atoms with van der Waals surface area (Å²) >= 11 is 0. The van der Waals surface area contributed by atoms with Crippen LogP contribution < -0.4 is 5.32 Å². The summed E-state index contributed by atoms with van der Waals surface area (Å²) in [5.74, 6) is -0.108. The smallest absolute Gasteiger partial charge is 0.242 e. The summed E-state index contributed by atoms with van der Waals surface area (Å²) in [6.07, 6.45) is 5.79. The Morgan fingerprint density at radius 1 is 1.03 bits per heavy atom. The molecule has 1 aromatic carbocycles. The highest BCUT2D eigenvalue weighted by Crippen LogP contribution is 2.55. The molecule has 5 atom stereocenters. The molecule has 3 aliphatic rings. The Morgan fingerprint density at radius 3 is 2.27 bits per heavy atom. The molecule has 0 radical (unpaired) electrons. The molecule has 2 bridgehead atoms. The first-order chi connectivity index (χ1) is 14.3. The molecule has 3 fully saturated rings. The van der Waals surface area contributed by atoms with E-state index in [0.717, 1.165) is 38.5 Å². The van der Waals surface area contributed by atoms with Crippen molar-refractivity contribution < 1.29 is 14.4 Å². The third kappa shape index (κ3) is 3.50. The lowest BCUT2D eigenvalue weighted by Crippen LogP contribution is -2.61. The van der Waals surface area contributed by atoms with Crippen molar-refractivity contribution in [2.45, 2.75) is 83.5 Å². The SMILES string of the molecule is CC(=O)NCC(=O)N1[C@H]2CCCC[C@H]3N(C(C)=O)[C@H](Cc4ccccc4)[C@@H]1C[C@@]23C. The number of carbonyl (C=O) groups excluding carboxylic acids is 3. The molecule has 4 rings (SSSR count). The van der Waals surface area contributed by atoms with Crippen molar-refractivity contribution >= 4 is 17.7 Å². The lowest BCUT2D eigenvalue weighted by atomic mass is 9.69. The first kappa shape index (κ1) is 20.9. The molecule has 30 heavy (non-hydrogen) atoms. The minimum Gasteiger partial charge on any atom is -0.347 e. The second-order valence-corrected chi connectivity index (χ2v) is 9.49. The standard InChI is InChI=1S/C24H33N3O3/c1-16(28)25-15-23(30)27-20-14-24(3)21(11-7-8-12-22(24)27)26(17(2)29)19(20)13-18-9-5-4-6-10-18/h4-6,9-10,19-22H,7-8,11-15H2,1-3H3,(H,25,28)/t19-,20+,21-,22+,24-/m1/s1. The summed E-state index contributed by atoms with van der Waals surface area (Å²) in [5, 5.41) is 2.69. The molecule has 6 nitrogen and oxygen atoms in total. The van der Waals surface area contributed by atoms with Gasteiger partial charge in [0.15, 0.2) is 0 Å². The molecule has 0 unspecified atom stereocenters. The fraction of sp³-hybridized carbons (Fsp3) is 0.625. The van der Waals surface area contributed by atoms with Gasteiger partial charge >= 0.3 is 0 Å². The largest absolute Gasteiger partial charge is 0.347 e. The Labute approximate surface area is 179 Å². The van der Waals surface area contributed by atoms with Crippen molar-refractivity contribution in [1.29, 1.82) is 0 Å². The van der Waals surface area contributed by atoms with Crippen molar-refractivity contribution in [3.05, 3.63) is 35.9 Å². The van der Waals surface area contributed by atoms with Gasteiger partial charge in [-0.2, -0.15) is 0 Å². The van der Waals surface area contributed by atoms with Crippen LogP contribution in [-0.2, 0) is 20.8 Å². The van der Waals surface area contributed by atoms with Crippen LogP contribution >= 0.6 is 0 Å². The van der Waals surface area contributed by atoms with E-state index in [1.54, 1.807) is 6.92 Å². The first-order valence-corrected chi connectivity index (χ1v) is 11.2. The fourth-order valence-electron chi connectivity index (χ4n) is 6.45. The first-order valence-electron chi connectivity index (χ1n) is 11.2. The number of nitrogens with one attached hydrogen (secondary N) is 1. The van der Waals surface area contributed by atoms with Crippen molar-refractivity contribution in [1.82, 2.24) is 15.1 Å². The Kier molecular flexibility index (Phi) is 5.60. The van der Waals surface area contributed by atoms with Crippen LogP contribution in [0.4, 0.5) is 0 Å². The Hall–Kier alpha value is -2.37. The van der Waals surface area contributed by atoms with Gasteiger partial charge in [0.2, 0.25) is 17.7 Å². The Balaban J connectivity index is 1.74. The van der Waals surface area contributed by atoms with E-state index >= 15 is 0 Å². The maximum Gasteiger partial charge on any atom is 0.242 e. The van der Waals surface area contributed by atoms with E-state index in [1.807, 2.05) is 18.2 Å². The lowest BCUT2D eigenvalue weighted by Gasteiger charge is -2.50. The number of benzene rings is 1. The number of amides is 3. The minimum atomic E-state index is -0.193. The summed E-state index contributed by atoms with van der Waals surface area (Å²) in [4.78, 5) is 41.9. The van der Waals surface area contributed by atoms with Gasteiger partial charge in [0.1, 0.15) is 0 Å². The van der Waals surface area contributed by atoms with Gasteiger partial charge in [0, 0.05) is 31.3 Å². The van der Waals surface area contributed by atoms with Crippen molar-refractivity contribution in [3.63, 3.8) is 0 Å². The van der Waals surface area contributed by atoms with Gasteiger partial charge in [0.25, 0.3) is 0 Å². The van der Waals surface area contributed by atoms with Crippen LogP contribution in [-0.4, -0.2) is 58.2 Å². The molecule has 1 aliphatic carbocycles. The van der Waals surface area contributed by atoms with E-state index < -0.39 is 0 Å². The van der Waals surface area contributed by atoms with Gasteiger partial charge in [-0.25, -0.2) is 0 Å². The monoisotopic (exact) mass is 411 g/mol. The normalized spacial score (nSPS) is 32.5. The molecule has 1 saturated carbocycles. The van der Waals surface area contributed by atoms with E-state index in [1.165, 1.54) is 12.5 Å². The van der Waals surface area contributed by atoms with Crippen LogP contribution in [0.2, 0.25) is 0 Å². The molecule has 2 heterocycles. The van der Waals surface area contributed by atoms with Gasteiger partial charge in [-0.05, 0) is 31.2 Å². The van der Waals surface area contributed by atoms with E-state index in [-0.39, 0.29) is 53.8 Å². The zero-order valence-corrected chi connectivity index (χ0v) is 18.3. The molecule has 6 heteroatoms. The van der Waals surface area contributed by atoms with E-state index in [2.05, 4.69) is 34.2 Å². The minimum absolute atomic E-state index is 0.0142. The number of hydrogen-bond donors (Lipinski definition) is 1. The molecule has 162 valence electrons. The van der Waals surface area contributed by atoms with Gasteiger partial charge in [-0.3, -0.25) is 14.4 Å². The van der Waals surface area contributed by atoms with Crippen LogP contribution in [0.3, 0.4) is 0 Å². The van der Waals surface area contributed by atoms with Gasteiger partial charge in [-0.1, -0.05) is 50.1 Å². The summed E-state index contributed by atoms with van der Waals surface area (Å²) in [5.41, 5.74) is 1.09. The summed E-state index contributed by atoms with van der Waals surface area (Å²) in [6, 6.07) is 10.5. The van der Waals surface area contributed by atoms with Crippen molar-refractivity contribution in [3.8, 4) is 0 Å². The maximum absolute atomic E-state index is 13.3. The predicted molar refractivity (Wildman–Crippen MR) is 115 cm³/mol. The van der Waals surface area contributed by atoms with Gasteiger partial charge < -0.3 is 15.1 Å². The predicted octanol–water partition coefficient (Wildman–Crippen LogP) is 2.51. The molecule has 3 amide bonds. The lowest BCUT2D eigenvalue weighted by molar-refractivity contribution is -0.143. The molecule has 1 aromatic rings. The number of likely N-dealkylation sites (tertiary alicyclic amines) is 2. The Bertz CT molecular complexity index is 826. The van der Waals surface area contributed by atoms with Crippen LogP contribution in [0.15, 0.2) is 30.3 Å². The number of hydrogen-bond acceptors (Lipinski definition) is 3. The molecule has 0 aromatic heterocycles. The van der Waals surface area contributed by atoms with Crippen LogP contribution in [0.25, 0.3) is 0 Å². The second kappa shape index (κ2) is 8.05. The van der Waals surface area contributed by atoms with E-state index in [0.29, 0.717) is 0 Å². The van der Waals surface area contributed by atoms with E-state index in [9.17, 15) is 14.4 Å². The van der Waals surface area contributed by atoms with Crippen LogP contribution in [0.5, 0.6) is 0 Å². The van der Waals surface area contributed by atoms with Crippen LogP contribution in [0.1, 0.15) is 58.4 Å². The van der Waals surface area contributed by atoms with Gasteiger partial charge in [-0.15, -0.1) is 0 Å². The maximum atomic E-state index is 13.3. The van der Waals surface area contributed by atoms with Gasteiger partial charge in [0.05, 0.1) is 18.6 Å². The molecule has 1 N–H and O–H groups in total. The van der Waals surface area contributed by atoms with Crippen molar-refractivity contribution in [2.24, 2.45) is 5.41 Å². The molecule has 2 aliphatic heterocycles. The summed E-state index contributed by atoms with van der Waals surface area (Å²) < 4.78 is 0. The Morgan fingerprint density at radius 2 is 1.67 bits per heavy atom. The molecule has 2 saturated heterocycles. The average Bonchev–Trinajstić information content (AvgIpc) is 2.85. The van der Waals surface area contributed by atoms with Crippen LogP contribution in [0, 0.1) is 5.41 Å². The number of rotatable bonds is 4. The zero-order chi connectivity index (χ0) is 21.5. The highest BCUT2D eigenvalue weighted by Gasteiger charge is 2.63. The molecular formula is C24H33N3O3. The molecular weight excluding hydrogens is 378 g/mol. The zero-order valence-electron chi connectivity index (χ0n) is 18.3. The third-order valence-corrected chi connectivity index (χ3v) is 7.63. The fourth-order valence-corrected chi connectivity index (χ4v) is 6.45. The third-order valence-electron chi connectivity index (χ3n) is 7.63. The number of piperidine rings is 1. The summed E-state index contributed by atoms with van der Waals surface area (Å²) in [7, 11) is 0. The quantitative estimate of drug-likeness (QED) is 0.828.